The average molecular weight is 285 g/mol. The normalized spacial score (nSPS) is 18.9. The lowest BCUT2D eigenvalue weighted by Crippen LogP contribution is -2.54. The molecule has 0 unspecified atom stereocenters. The molecule has 1 fully saturated rings. The van der Waals surface area contributed by atoms with Crippen LogP contribution in [0.5, 0.6) is 0 Å². The fourth-order valence-electron chi connectivity index (χ4n) is 2.51. The van der Waals surface area contributed by atoms with Crippen LogP contribution in [0.3, 0.4) is 0 Å². The maximum atomic E-state index is 11.7. The summed E-state index contributed by atoms with van der Waals surface area (Å²) in [4.78, 5) is 14.1. The molecule has 1 heterocycles. The second-order valence-electron chi connectivity index (χ2n) is 6.15. The third-order valence-electron chi connectivity index (χ3n) is 3.88. The predicted octanol–water partition coefficient (Wildman–Crippen LogP) is 1.12. The summed E-state index contributed by atoms with van der Waals surface area (Å²) in [6.45, 7) is 9.25. The van der Waals surface area contributed by atoms with Crippen molar-refractivity contribution in [3.8, 4) is 0 Å². The van der Waals surface area contributed by atoms with Gasteiger partial charge in [-0.2, -0.15) is 0 Å². The van der Waals surface area contributed by atoms with E-state index in [1.807, 2.05) is 0 Å². The first-order valence-electron chi connectivity index (χ1n) is 7.86. The van der Waals surface area contributed by atoms with E-state index in [1.165, 1.54) is 0 Å². The third-order valence-corrected chi connectivity index (χ3v) is 3.88. The topological polar surface area (TPSA) is 67.6 Å². The highest BCUT2D eigenvalue weighted by atomic mass is 16.5. The van der Waals surface area contributed by atoms with E-state index < -0.39 is 0 Å². The monoisotopic (exact) mass is 285 g/mol. The van der Waals surface area contributed by atoms with Crippen LogP contribution in [0.15, 0.2) is 0 Å². The summed E-state index contributed by atoms with van der Waals surface area (Å²) in [6.07, 6.45) is 4.90. The minimum Gasteiger partial charge on any atom is -0.378 e. The number of unbranched alkanes of at least 4 members (excludes halogenated alkanes) is 3. The summed E-state index contributed by atoms with van der Waals surface area (Å²) in [6, 6.07) is 0. The molecule has 0 spiro atoms. The number of ether oxygens (including phenoxy) is 1. The van der Waals surface area contributed by atoms with Gasteiger partial charge in [-0.05, 0) is 33.2 Å². The Kier molecular flexibility index (Phi) is 8.11. The zero-order chi connectivity index (χ0) is 14.8. The van der Waals surface area contributed by atoms with Crippen LogP contribution in [0.2, 0.25) is 0 Å². The van der Waals surface area contributed by atoms with Crippen molar-refractivity contribution in [1.29, 1.82) is 0 Å². The molecule has 1 aliphatic heterocycles. The number of carbonyl (C=O) groups is 1. The van der Waals surface area contributed by atoms with Gasteiger partial charge in [0.1, 0.15) is 0 Å². The largest absolute Gasteiger partial charge is 0.378 e. The molecule has 0 aromatic heterocycles. The quantitative estimate of drug-likeness (QED) is 0.623. The molecule has 1 amide bonds. The predicted molar refractivity (Wildman–Crippen MR) is 81.6 cm³/mol. The van der Waals surface area contributed by atoms with Crippen LogP contribution in [-0.4, -0.2) is 55.7 Å². The van der Waals surface area contributed by atoms with Crippen LogP contribution < -0.4 is 11.1 Å². The van der Waals surface area contributed by atoms with E-state index in [0.717, 1.165) is 65.1 Å². The molecule has 0 aromatic carbocycles. The van der Waals surface area contributed by atoms with Gasteiger partial charge >= 0.3 is 0 Å². The number of carbonyl (C=O) groups excluding carboxylic acids is 1. The zero-order valence-corrected chi connectivity index (χ0v) is 13.1. The number of hydrogen-bond acceptors (Lipinski definition) is 4. The van der Waals surface area contributed by atoms with E-state index in [9.17, 15) is 4.79 Å². The van der Waals surface area contributed by atoms with E-state index in [1.54, 1.807) is 0 Å². The first kappa shape index (κ1) is 17.4. The summed E-state index contributed by atoms with van der Waals surface area (Å²) in [5, 5.41) is 3.01. The van der Waals surface area contributed by atoms with Gasteiger partial charge in [-0.1, -0.05) is 12.8 Å². The number of morpholine rings is 1. The number of amides is 1. The van der Waals surface area contributed by atoms with E-state index in [0.29, 0.717) is 6.42 Å². The summed E-state index contributed by atoms with van der Waals surface area (Å²) < 4.78 is 5.49. The van der Waals surface area contributed by atoms with Crippen molar-refractivity contribution in [1.82, 2.24) is 10.2 Å². The fourth-order valence-corrected chi connectivity index (χ4v) is 2.51. The SMILES string of the molecule is CC1(C)COCCN1CCNC(=O)CCCCCCN. The minimum absolute atomic E-state index is 0.0746. The lowest BCUT2D eigenvalue weighted by atomic mass is 10.0. The Morgan fingerprint density at radius 2 is 2.05 bits per heavy atom. The van der Waals surface area contributed by atoms with Crippen LogP contribution in [0.25, 0.3) is 0 Å². The van der Waals surface area contributed by atoms with Crippen LogP contribution in [0.1, 0.15) is 46.0 Å². The van der Waals surface area contributed by atoms with Gasteiger partial charge < -0.3 is 15.8 Å². The van der Waals surface area contributed by atoms with Gasteiger partial charge in [-0.3, -0.25) is 9.69 Å². The Balaban J connectivity index is 2.06. The molecule has 0 atom stereocenters. The van der Waals surface area contributed by atoms with Gasteiger partial charge in [-0.15, -0.1) is 0 Å². The maximum Gasteiger partial charge on any atom is 0.220 e. The molecular formula is C15H31N3O2. The highest BCUT2D eigenvalue weighted by Gasteiger charge is 2.29. The number of nitrogens with one attached hydrogen (secondary N) is 1. The Morgan fingerprint density at radius 1 is 1.30 bits per heavy atom. The van der Waals surface area contributed by atoms with E-state index in [-0.39, 0.29) is 11.4 Å². The molecule has 3 N–H and O–H groups in total. The van der Waals surface area contributed by atoms with Crippen molar-refractivity contribution in [2.45, 2.75) is 51.5 Å². The number of rotatable bonds is 9. The number of nitrogens with zero attached hydrogens (tertiary/aromatic N) is 1. The zero-order valence-electron chi connectivity index (χ0n) is 13.1. The molecule has 0 radical (unpaired) electrons. The van der Waals surface area contributed by atoms with Crippen molar-refractivity contribution in [3.05, 3.63) is 0 Å². The summed E-state index contributed by atoms with van der Waals surface area (Å²) in [5.41, 5.74) is 5.51. The van der Waals surface area contributed by atoms with Crippen LogP contribution in [0.4, 0.5) is 0 Å². The van der Waals surface area contributed by atoms with Gasteiger partial charge in [0.05, 0.1) is 13.2 Å². The molecule has 5 nitrogen and oxygen atoms in total. The standard InChI is InChI=1S/C15H31N3O2/c1-15(2)13-20-12-11-18(15)10-9-17-14(19)7-5-3-4-6-8-16/h3-13,16H2,1-2H3,(H,17,19). The molecule has 118 valence electrons. The van der Waals surface area contributed by atoms with Gasteiger partial charge in [0.15, 0.2) is 0 Å². The van der Waals surface area contributed by atoms with Gasteiger partial charge in [0, 0.05) is 31.6 Å². The summed E-state index contributed by atoms with van der Waals surface area (Å²) in [5.74, 6) is 0.170. The van der Waals surface area contributed by atoms with E-state index in [2.05, 4.69) is 24.1 Å². The average Bonchev–Trinajstić information content (AvgIpc) is 2.40. The highest BCUT2D eigenvalue weighted by Crippen LogP contribution is 2.17. The fraction of sp³-hybridized carbons (Fsp3) is 0.933. The smallest absolute Gasteiger partial charge is 0.220 e. The molecule has 20 heavy (non-hydrogen) atoms. The second kappa shape index (κ2) is 9.32. The molecule has 0 bridgehead atoms. The highest BCUT2D eigenvalue weighted by molar-refractivity contribution is 5.75. The van der Waals surface area contributed by atoms with Crippen LogP contribution in [-0.2, 0) is 9.53 Å². The summed E-state index contributed by atoms with van der Waals surface area (Å²) >= 11 is 0. The summed E-state index contributed by atoms with van der Waals surface area (Å²) in [7, 11) is 0. The van der Waals surface area contributed by atoms with Crippen LogP contribution >= 0.6 is 0 Å². The van der Waals surface area contributed by atoms with Gasteiger partial charge in [-0.25, -0.2) is 0 Å². The van der Waals surface area contributed by atoms with E-state index in [4.69, 9.17) is 10.5 Å². The lowest BCUT2D eigenvalue weighted by molar-refractivity contribution is -0.121. The molecule has 1 rings (SSSR count). The van der Waals surface area contributed by atoms with Crippen molar-refractivity contribution < 1.29 is 9.53 Å². The molecule has 0 aromatic rings. The maximum absolute atomic E-state index is 11.7. The van der Waals surface area contributed by atoms with Gasteiger partial charge in [0.25, 0.3) is 0 Å². The molecule has 1 aliphatic rings. The number of hydrogen-bond donors (Lipinski definition) is 2. The first-order chi connectivity index (χ1) is 9.56. The van der Waals surface area contributed by atoms with Crippen molar-refractivity contribution in [3.63, 3.8) is 0 Å². The molecule has 0 aliphatic carbocycles. The second-order valence-corrected chi connectivity index (χ2v) is 6.15. The number of nitrogens with two attached hydrogens (primary N) is 1. The van der Waals surface area contributed by atoms with Crippen molar-refractivity contribution in [2.75, 3.05) is 39.4 Å². The van der Waals surface area contributed by atoms with Gasteiger partial charge in [0.2, 0.25) is 5.91 Å². The Bertz CT molecular complexity index is 282. The third kappa shape index (κ3) is 6.68. The lowest BCUT2D eigenvalue weighted by Gasteiger charge is -2.42. The van der Waals surface area contributed by atoms with Crippen LogP contribution in [0, 0.1) is 0 Å². The molecule has 1 saturated heterocycles. The molecule has 0 saturated carbocycles. The molecule has 5 heteroatoms. The Hall–Kier alpha value is -0.650. The van der Waals surface area contributed by atoms with E-state index >= 15 is 0 Å². The van der Waals surface area contributed by atoms with Crippen molar-refractivity contribution in [2.24, 2.45) is 5.73 Å². The van der Waals surface area contributed by atoms with Crippen molar-refractivity contribution >= 4 is 5.91 Å². The first-order valence-corrected chi connectivity index (χ1v) is 7.86. The molecular weight excluding hydrogens is 254 g/mol. The Labute approximate surface area is 123 Å². The Morgan fingerprint density at radius 3 is 2.75 bits per heavy atom. The minimum atomic E-state index is 0.0746.